The molecule has 0 spiro atoms. The Labute approximate surface area is 167 Å². The number of carboxylic acids is 1. The SMILES string of the molecule is O=C(O)CCCOc1c(F)cc(-c2cccc(OCc3ccccc3)c2)cc1F. The van der Waals surface area contributed by atoms with Crippen molar-refractivity contribution >= 4 is 5.97 Å². The minimum absolute atomic E-state index is 0.0811. The molecular weight excluding hydrogens is 378 g/mol. The average Bonchev–Trinajstić information content (AvgIpc) is 2.72. The second kappa shape index (κ2) is 9.68. The number of hydrogen-bond donors (Lipinski definition) is 1. The molecule has 6 heteroatoms. The summed E-state index contributed by atoms with van der Waals surface area (Å²) >= 11 is 0. The molecule has 0 fully saturated rings. The largest absolute Gasteiger partial charge is 0.489 e. The Morgan fingerprint density at radius 3 is 2.28 bits per heavy atom. The molecule has 150 valence electrons. The van der Waals surface area contributed by atoms with Gasteiger partial charge in [0.05, 0.1) is 6.61 Å². The molecular formula is C23H20F2O4. The van der Waals surface area contributed by atoms with Gasteiger partial charge in [0, 0.05) is 6.42 Å². The minimum Gasteiger partial charge on any atom is -0.489 e. The Morgan fingerprint density at radius 1 is 0.862 bits per heavy atom. The number of carbonyl (C=O) groups is 1. The first kappa shape index (κ1) is 20.3. The van der Waals surface area contributed by atoms with Gasteiger partial charge in [0.25, 0.3) is 0 Å². The molecule has 3 aromatic rings. The molecule has 3 rings (SSSR count). The van der Waals surface area contributed by atoms with E-state index >= 15 is 0 Å². The van der Waals surface area contributed by atoms with E-state index in [9.17, 15) is 13.6 Å². The number of ether oxygens (including phenoxy) is 2. The predicted octanol–water partition coefficient (Wildman–Crippen LogP) is 5.45. The summed E-state index contributed by atoms with van der Waals surface area (Å²) in [6.45, 7) is 0.304. The smallest absolute Gasteiger partial charge is 0.303 e. The van der Waals surface area contributed by atoms with E-state index in [1.165, 1.54) is 12.1 Å². The molecule has 0 heterocycles. The molecule has 1 N–H and O–H groups in total. The van der Waals surface area contributed by atoms with Gasteiger partial charge in [-0.1, -0.05) is 42.5 Å². The molecule has 0 saturated heterocycles. The van der Waals surface area contributed by atoms with E-state index in [1.807, 2.05) is 30.3 Å². The Hall–Kier alpha value is -3.41. The van der Waals surface area contributed by atoms with Crippen molar-refractivity contribution in [2.75, 3.05) is 6.61 Å². The Morgan fingerprint density at radius 2 is 1.59 bits per heavy atom. The normalized spacial score (nSPS) is 10.6. The fraction of sp³-hybridized carbons (Fsp3) is 0.174. The maximum absolute atomic E-state index is 14.3. The Balaban J connectivity index is 1.70. The van der Waals surface area contributed by atoms with Crippen LogP contribution in [0.4, 0.5) is 8.78 Å². The van der Waals surface area contributed by atoms with Crippen molar-refractivity contribution in [1.29, 1.82) is 0 Å². The fourth-order valence-electron chi connectivity index (χ4n) is 2.77. The van der Waals surface area contributed by atoms with E-state index in [4.69, 9.17) is 14.6 Å². The number of benzene rings is 3. The summed E-state index contributed by atoms with van der Waals surface area (Å²) in [7, 11) is 0. The van der Waals surface area contributed by atoms with Gasteiger partial charge in [-0.25, -0.2) is 8.78 Å². The van der Waals surface area contributed by atoms with Crippen molar-refractivity contribution in [2.24, 2.45) is 0 Å². The van der Waals surface area contributed by atoms with Crippen molar-refractivity contribution in [3.8, 4) is 22.6 Å². The average molecular weight is 398 g/mol. The second-order valence-electron chi connectivity index (χ2n) is 6.42. The van der Waals surface area contributed by atoms with Crippen molar-refractivity contribution < 1.29 is 28.2 Å². The van der Waals surface area contributed by atoms with Crippen LogP contribution in [0.3, 0.4) is 0 Å². The first-order valence-electron chi connectivity index (χ1n) is 9.14. The zero-order valence-corrected chi connectivity index (χ0v) is 15.6. The van der Waals surface area contributed by atoms with Gasteiger partial charge in [-0.15, -0.1) is 0 Å². The van der Waals surface area contributed by atoms with Crippen molar-refractivity contribution in [3.63, 3.8) is 0 Å². The van der Waals surface area contributed by atoms with E-state index in [2.05, 4.69) is 0 Å². The van der Waals surface area contributed by atoms with Gasteiger partial charge in [-0.3, -0.25) is 4.79 Å². The first-order chi connectivity index (χ1) is 14.0. The highest BCUT2D eigenvalue weighted by Crippen LogP contribution is 2.31. The molecule has 0 aromatic heterocycles. The minimum atomic E-state index is -0.987. The van der Waals surface area contributed by atoms with Crippen LogP contribution in [0.2, 0.25) is 0 Å². The third-order valence-corrected chi connectivity index (χ3v) is 4.20. The van der Waals surface area contributed by atoms with Crippen LogP contribution in [0.5, 0.6) is 11.5 Å². The quantitative estimate of drug-likeness (QED) is 0.487. The molecule has 0 amide bonds. The van der Waals surface area contributed by atoms with Gasteiger partial charge in [-0.05, 0) is 47.4 Å². The maximum atomic E-state index is 14.3. The molecule has 0 bridgehead atoms. The predicted molar refractivity (Wildman–Crippen MR) is 105 cm³/mol. The van der Waals surface area contributed by atoms with Gasteiger partial charge in [0.1, 0.15) is 12.4 Å². The highest BCUT2D eigenvalue weighted by Gasteiger charge is 2.14. The van der Waals surface area contributed by atoms with Gasteiger partial charge in [0.15, 0.2) is 17.4 Å². The lowest BCUT2D eigenvalue weighted by molar-refractivity contribution is -0.137. The number of aliphatic carboxylic acids is 1. The Bertz CT molecular complexity index is 951. The summed E-state index contributed by atoms with van der Waals surface area (Å²) in [6.07, 6.45) is 0.0356. The second-order valence-corrected chi connectivity index (χ2v) is 6.42. The number of rotatable bonds is 9. The molecule has 4 nitrogen and oxygen atoms in total. The molecule has 0 unspecified atom stereocenters. The Kier molecular flexibility index (Phi) is 6.79. The number of carboxylic acid groups (broad SMARTS) is 1. The van der Waals surface area contributed by atoms with Gasteiger partial charge < -0.3 is 14.6 Å². The van der Waals surface area contributed by atoms with Crippen LogP contribution in [0.15, 0.2) is 66.7 Å². The van der Waals surface area contributed by atoms with E-state index < -0.39 is 23.4 Å². The number of halogens is 2. The van der Waals surface area contributed by atoms with Crippen LogP contribution in [-0.4, -0.2) is 17.7 Å². The molecule has 0 aliphatic heterocycles. The third kappa shape index (κ3) is 5.78. The van der Waals surface area contributed by atoms with Crippen LogP contribution < -0.4 is 9.47 Å². The maximum Gasteiger partial charge on any atom is 0.303 e. The lowest BCUT2D eigenvalue weighted by atomic mass is 10.0. The first-order valence-corrected chi connectivity index (χ1v) is 9.14. The van der Waals surface area contributed by atoms with E-state index in [0.717, 1.165) is 5.56 Å². The standard InChI is InChI=1S/C23H20F2O4/c24-20-13-18(14-21(25)23(20)28-11-5-10-22(26)27)17-8-4-9-19(12-17)29-15-16-6-2-1-3-7-16/h1-4,6-9,12-14H,5,10-11,15H2,(H,26,27). The zero-order valence-electron chi connectivity index (χ0n) is 15.6. The summed E-state index contributed by atoms with van der Waals surface area (Å²) in [5.41, 5.74) is 1.97. The summed E-state index contributed by atoms with van der Waals surface area (Å²) in [6, 6.07) is 19.0. The monoisotopic (exact) mass is 398 g/mol. The van der Waals surface area contributed by atoms with Crippen molar-refractivity contribution in [1.82, 2.24) is 0 Å². The zero-order chi connectivity index (χ0) is 20.6. The summed E-state index contributed by atoms with van der Waals surface area (Å²) < 4.78 is 39.5. The van der Waals surface area contributed by atoms with Crippen LogP contribution in [-0.2, 0) is 11.4 Å². The topological polar surface area (TPSA) is 55.8 Å². The molecule has 29 heavy (non-hydrogen) atoms. The van der Waals surface area contributed by atoms with Crippen LogP contribution >= 0.6 is 0 Å². The van der Waals surface area contributed by atoms with E-state index in [1.54, 1.807) is 24.3 Å². The lowest BCUT2D eigenvalue weighted by Gasteiger charge is -2.11. The molecule has 0 saturated carbocycles. The van der Waals surface area contributed by atoms with Crippen molar-refractivity contribution in [3.05, 3.63) is 83.9 Å². The van der Waals surface area contributed by atoms with E-state index in [0.29, 0.717) is 23.5 Å². The lowest BCUT2D eigenvalue weighted by Crippen LogP contribution is -2.04. The van der Waals surface area contributed by atoms with Crippen LogP contribution in [0.1, 0.15) is 18.4 Å². The molecule has 3 aromatic carbocycles. The van der Waals surface area contributed by atoms with E-state index in [-0.39, 0.29) is 19.4 Å². The summed E-state index contributed by atoms with van der Waals surface area (Å²) in [4.78, 5) is 10.5. The fourth-order valence-corrected chi connectivity index (χ4v) is 2.77. The van der Waals surface area contributed by atoms with Crippen molar-refractivity contribution in [2.45, 2.75) is 19.4 Å². The van der Waals surface area contributed by atoms with Crippen LogP contribution in [0, 0.1) is 11.6 Å². The molecule has 0 aliphatic carbocycles. The highest BCUT2D eigenvalue weighted by molar-refractivity contribution is 5.67. The van der Waals surface area contributed by atoms with Crippen LogP contribution in [0.25, 0.3) is 11.1 Å². The van der Waals surface area contributed by atoms with Gasteiger partial charge >= 0.3 is 5.97 Å². The third-order valence-electron chi connectivity index (χ3n) is 4.20. The summed E-state index contributed by atoms with van der Waals surface area (Å²) in [5, 5.41) is 8.59. The molecule has 0 aliphatic rings. The number of hydrogen-bond acceptors (Lipinski definition) is 3. The molecule has 0 radical (unpaired) electrons. The summed E-state index contributed by atoms with van der Waals surface area (Å²) in [5.74, 6) is -2.59. The highest BCUT2D eigenvalue weighted by atomic mass is 19.1. The van der Waals surface area contributed by atoms with Gasteiger partial charge in [-0.2, -0.15) is 0 Å². The molecule has 0 atom stereocenters. The van der Waals surface area contributed by atoms with Gasteiger partial charge in [0.2, 0.25) is 0 Å².